The monoisotopic (exact) mass is 551 g/mol. The fourth-order valence-electron chi connectivity index (χ4n) is 4.70. The zero-order valence-electron chi connectivity index (χ0n) is 21.9. The summed E-state index contributed by atoms with van der Waals surface area (Å²) in [5.74, 6) is 2.44. The van der Waals surface area contributed by atoms with Gasteiger partial charge in [0.2, 0.25) is 5.95 Å². The number of aromatic nitrogens is 5. The van der Waals surface area contributed by atoms with Crippen LogP contribution in [0, 0.1) is 19.7 Å². The number of hydrogen-bond donors (Lipinski definition) is 3. The van der Waals surface area contributed by atoms with E-state index >= 15 is 0 Å². The van der Waals surface area contributed by atoms with E-state index in [4.69, 9.17) is 4.98 Å². The van der Waals surface area contributed by atoms with Gasteiger partial charge in [-0.05, 0) is 65.0 Å². The summed E-state index contributed by atoms with van der Waals surface area (Å²) in [7, 11) is 0. The Balaban J connectivity index is 0.00000190. The van der Waals surface area contributed by atoms with Crippen LogP contribution in [0.5, 0.6) is 0 Å². The molecule has 0 aromatic carbocycles. The zero-order chi connectivity index (χ0) is 24.7. The summed E-state index contributed by atoms with van der Waals surface area (Å²) < 4.78 is 16.5. The maximum atomic E-state index is 14.6. The van der Waals surface area contributed by atoms with Crippen molar-refractivity contribution < 1.29 is 4.39 Å². The van der Waals surface area contributed by atoms with Gasteiger partial charge < -0.3 is 20.9 Å². The number of hydrogen-bond acceptors (Lipinski definition) is 8. The third-order valence-electron chi connectivity index (χ3n) is 7.05. The van der Waals surface area contributed by atoms with Gasteiger partial charge in [-0.2, -0.15) is 10.1 Å². The molecule has 5 rings (SSSR count). The summed E-state index contributed by atoms with van der Waals surface area (Å²) in [4.78, 5) is 16.1. The second kappa shape index (κ2) is 11.8. The molecular formula is C25H36Cl2FN9. The predicted octanol–water partition coefficient (Wildman–Crippen LogP) is 5.24. The van der Waals surface area contributed by atoms with Crippen LogP contribution >= 0.6 is 24.8 Å². The lowest BCUT2D eigenvalue weighted by molar-refractivity contribution is 0.404. The molecule has 3 aromatic rings. The van der Waals surface area contributed by atoms with Gasteiger partial charge in [-0.3, -0.25) is 4.68 Å². The van der Waals surface area contributed by atoms with Crippen molar-refractivity contribution in [2.24, 2.45) is 0 Å². The number of anilines is 5. The smallest absolute Gasteiger partial charge is 0.230 e. The van der Waals surface area contributed by atoms with Crippen molar-refractivity contribution in [3.05, 3.63) is 41.1 Å². The zero-order valence-corrected chi connectivity index (χ0v) is 23.5. The van der Waals surface area contributed by atoms with Crippen LogP contribution in [0.15, 0.2) is 18.3 Å². The average molecular weight is 553 g/mol. The topological polar surface area (TPSA) is 95.8 Å². The van der Waals surface area contributed by atoms with E-state index in [1.165, 1.54) is 0 Å². The van der Waals surface area contributed by atoms with Gasteiger partial charge in [-0.1, -0.05) is 0 Å². The van der Waals surface area contributed by atoms with Crippen LogP contribution in [0.2, 0.25) is 0 Å². The fraction of sp³-hybridized carbons (Fsp3) is 0.520. The number of halogens is 3. The third-order valence-corrected chi connectivity index (χ3v) is 7.05. The second-order valence-electron chi connectivity index (χ2n) is 9.61. The van der Waals surface area contributed by atoms with E-state index in [-0.39, 0.29) is 42.6 Å². The molecule has 1 saturated carbocycles. The molecule has 4 heterocycles. The van der Waals surface area contributed by atoms with Gasteiger partial charge in [-0.15, -0.1) is 24.8 Å². The number of pyridine rings is 1. The second-order valence-corrected chi connectivity index (χ2v) is 9.61. The van der Waals surface area contributed by atoms with E-state index in [9.17, 15) is 4.39 Å². The molecule has 3 aromatic heterocycles. The van der Waals surface area contributed by atoms with Crippen LogP contribution in [0.4, 0.5) is 33.5 Å². The number of rotatable bonds is 7. The molecule has 1 saturated heterocycles. The first kappa shape index (κ1) is 28.9. The summed E-state index contributed by atoms with van der Waals surface area (Å²) in [6.45, 7) is 12.7. The minimum absolute atomic E-state index is 0. The summed E-state index contributed by atoms with van der Waals surface area (Å²) >= 11 is 0. The molecule has 9 nitrogen and oxygen atoms in total. The van der Waals surface area contributed by atoms with Gasteiger partial charge in [0, 0.05) is 43.5 Å². The quantitative estimate of drug-likeness (QED) is 0.367. The Kier molecular flexibility index (Phi) is 9.20. The Bertz CT molecular complexity index is 1230. The molecule has 3 N–H and O–H groups in total. The van der Waals surface area contributed by atoms with Crippen molar-refractivity contribution in [2.75, 3.05) is 28.6 Å². The fourth-order valence-corrected chi connectivity index (χ4v) is 4.70. The largest absolute Gasteiger partial charge is 0.362 e. The van der Waals surface area contributed by atoms with Crippen molar-refractivity contribution in [3.8, 4) is 0 Å². The average Bonchev–Trinajstić information content (AvgIpc) is 3.61. The standard InChI is InChI=1S/C25H34FN9.2ClH/c1-6-35-14(2)11-22(33-35)30-24-20(34-10-9-27-15(3)17(34)5)13-28-25(32-24)31-21-12-19(18-7-8-18)23(26)16(4)29-21;;/h11-13,15,17-18,27H,6-10H2,1-5H3,(H2,28,29,30,31,32,33);2*1H/t15?,17-;;/m1../s1. The van der Waals surface area contributed by atoms with Gasteiger partial charge in [0.25, 0.3) is 0 Å². The Morgan fingerprint density at radius 2 is 1.84 bits per heavy atom. The maximum absolute atomic E-state index is 14.6. The van der Waals surface area contributed by atoms with Crippen molar-refractivity contribution in [2.45, 2.75) is 72.0 Å². The highest BCUT2D eigenvalue weighted by Gasteiger charge is 2.29. The van der Waals surface area contributed by atoms with Crippen LogP contribution < -0.4 is 20.9 Å². The first-order chi connectivity index (χ1) is 16.8. The van der Waals surface area contributed by atoms with Gasteiger partial charge >= 0.3 is 0 Å². The summed E-state index contributed by atoms with van der Waals surface area (Å²) in [5.41, 5.74) is 3.10. The molecule has 0 spiro atoms. The molecule has 202 valence electrons. The van der Waals surface area contributed by atoms with Crippen LogP contribution in [0.1, 0.15) is 56.5 Å². The van der Waals surface area contributed by atoms with Crippen molar-refractivity contribution in [3.63, 3.8) is 0 Å². The summed E-state index contributed by atoms with van der Waals surface area (Å²) in [6, 6.07) is 4.41. The molecule has 0 bridgehead atoms. The van der Waals surface area contributed by atoms with E-state index in [2.05, 4.69) is 56.7 Å². The molecule has 0 amide bonds. The number of nitrogens with one attached hydrogen (secondary N) is 3. The van der Waals surface area contributed by atoms with Crippen LogP contribution in [0.3, 0.4) is 0 Å². The Morgan fingerprint density at radius 1 is 1.08 bits per heavy atom. The first-order valence-corrected chi connectivity index (χ1v) is 12.5. The number of aryl methyl sites for hydroxylation is 3. The molecule has 2 aliphatic rings. The minimum Gasteiger partial charge on any atom is -0.362 e. The van der Waals surface area contributed by atoms with Gasteiger partial charge in [0.15, 0.2) is 11.6 Å². The molecule has 2 atom stereocenters. The van der Waals surface area contributed by atoms with Crippen LogP contribution in [0.25, 0.3) is 0 Å². The van der Waals surface area contributed by atoms with Gasteiger partial charge in [-0.25, -0.2) is 14.4 Å². The SMILES string of the molecule is CCn1nc(Nc2nc(Nc3cc(C4CC4)c(F)c(C)n3)ncc2N2CCNC(C)[C@H]2C)cc1C.Cl.Cl. The van der Waals surface area contributed by atoms with Crippen molar-refractivity contribution >= 4 is 53.9 Å². The van der Waals surface area contributed by atoms with Crippen LogP contribution in [-0.4, -0.2) is 49.9 Å². The molecule has 2 fully saturated rings. The third kappa shape index (κ3) is 6.08. The normalized spacial score (nSPS) is 19.1. The van der Waals surface area contributed by atoms with E-state index in [1.54, 1.807) is 13.0 Å². The lowest BCUT2D eigenvalue weighted by atomic mass is 10.1. The van der Waals surface area contributed by atoms with Gasteiger partial charge in [0.05, 0.1) is 17.6 Å². The molecule has 1 unspecified atom stereocenters. The van der Waals surface area contributed by atoms with Crippen molar-refractivity contribution in [1.82, 2.24) is 30.0 Å². The molecule has 37 heavy (non-hydrogen) atoms. The lowest BCUT2D eigenvalue weighted by Gasteiger charge is -2.40. The maximum Gasteiger partial charge on any atom is 0.230 e. The summed E-state index contributed by atoms with van der Waals surface area (Å²) in [6.07, 6.45) is 3.88. The highest BCUT2D eigenvalue weighted by Crippen LogP contribution is 2.42. The lowest BCUT2D eigenvalue weighted by Crippen LogP contribution is -2.55. The predicted molar refractivity (Wildman–Crippen MR) is 151 cm³/mol. The van der Waals surface area contributed by atoms with E-state index in [1.807, 2.05) is 23.9 Å². The summed E-state index contributed by atoms with van der Waals surface area (Å²) in [5, 5.41) is 14.8. The van der Waals surface area contributed by atoms with E-state index < -0.39 is 0 Å². The Hall–Kier alpha value is -2.69. The first-order valence-electron chi connectivity index (χ1n) is 12.5. The van der Waals surface area contributed by atoms with E-state index in [0.29, 0.717) is 29.3 Å². The highest BCUT2D eigenvalue weighted by atomic mass is 35.5. The van der Waals surface area contributed by atoms with E-state index in [0.717, 1.165) is 55.2 Å². The number of nitrogens with zero attached hydrogens (tertiary/aromatic N) is 6. The molecule has 1 aliphatic carbocycles. The number of piperazine rings is 1. The van der Waals surface area contributed by atoms with Crippen molar-refractivity contribution in [1.29, 1.82) is 0 Å². The molecule has 12 heteroatoms. The Morgan fingerprint density at radius 3 is 2.51 bits per heavy atom. The minimum atomic E-state index is -0.208. The molecular weight excluding hydrogens is 516 g/mol. The molecule has 0 radical (unpaired) electrons. The highest BCUT2D eigenvalue weighted by molar-refractivity contribution is 5.85. The Labute approximate surface area is 229 Å². The molecule has 1 aliphatic heterocycles. The van der Waals surface area contributed by atoms with Crippen LogP contribution in [-0.2, 0) is 6.54 Å². The van der Waals surface area contributed by atoms with Gasteiger partial charge in [0.1, 0.15) is 11.6 Å².